The van der Waals surface area contributed by atoms with Gasteiger partial charge in [-0.1, -0.05) is 69.3 Å². The van der Waals surface area contributed by atoms with Crippen molar-refractivity contribution in [1.82, 2.24) is 0 Å². The number of hydrogen-bond donors (Lipinski definition) is 1. The van der Waals surface area contributed by atoms with Crippen molar-refractivity contribution >= 4 is 35.6 Å². The van der Waals surface area contributed by atoms with E-state index in [9.17, 15) is 33.9 Å². The molecule has 13 nitrogen and oxygen atoms in total. The van der Waals surface area contributed by atoms with Crippen LogP contribution in [0.4, 0.5) is 0 Å². The molecule has 1 aliphatic heterocycles. The third-order valence-corrected chi connectivity index (χ3v) is 12.1. The molecule has 8 atom stereocenters. The molecule has 0 unspecified atom stereocenters. The first-order valence-corrected chi connectivity index (χ1v) is 18.5. The van der Waals surface area contributed by atoms with Crippen molar-refractivity contribution < 1.29 is 62.3 Å². The second-order valence-electron chi connectivity index (χ2n) is 15.8. The van der Waals surface area contributed by atoms with Crippen molar-refractivity contribution in [2.24, 2.45) is 16.7 Å². The Morgan fingerprint density at radius 3 is 2.07 bits per heavy atom. The Kier molecular flexibility index (Phi) is 10.8. The monoisotopic (exact) mass is 760 g/mol. The number of Topliss-reactive ketones (excluding diaryl/α,β-unsaturated/α-hetero) is 1. The Hall–Kier alpha value is -4.88. The molecule has 6 rings (SSSR count). The first-order chi connectivity index (χ1) is 25.9. The summed E-state index contributed by atoms with van der Waals surface area (Å²) in [4.78, 5) is 80.8. The van der Waals surface area contributed by atoms with Crippen LogP contribution < -0.4 is 0 Å². The van der Waals surface area contributed by atoms with Crippen LogP contribution in [0.15, 0.2) is 71.8 Å². The summed E-state index contributed by atoms with van der Waals surface area (Å²) in [7, 11) is 0. The summed E-state index contributed by atoms with van der Waals surface area (Å²) in [6.45, 7) is 8.87. The third kappa shape index (κ3) is 7.08. The summed E-state index contributed by atoms with van der Waals surface area (Å²) in [5.41, 5.74) is -5.27. The SMILES string of the molecule is CC(=O)O[C@@H]1C2=C(C)C(=O)C[C@@](O)([C@@H](OC(=O)c3ccccc3)[C@H]3[C@@](C)(CC[C@H]4OC[C@]43OC(C)=O)[C@H]1OC(=O)CCC(=O)OCc1ccccc1)C2(C)C. The molecule has 0 radical (unpaired) electrons. The van der Waals surface area contributed by atoms with Crippen LogP contribution in [0.5, 0.6) is 0 Å². The van der Waals surface area contributed by atoms with Crippen LogP contribution in [0.25, 0.3) is 0 Å². The minimum absolute atomic E-state index is 0.00956. The van der Waals surface area contributed by atoms with Crippen LogP contribution in [0.1, 0.15) is 89.6 Å². The number of carbonyl (C=O) groups is 6. The molecular formula is C42H48O13. The molecule has 0 spiro atoms. The number of allylic oxidation sites excluding steroid dienone is 1. The summed E-state index contributed by atoms with van der Waals surface area (Å²) >= 11 is 0. The highest BCUT2D eigenvalue weighted by Crippen LogP contribution is 2.65. The molecule has 2 saturated carbocycles. The molecule has 2 bridgehead atoms. The lowest BCUT2D eigenvalue weighted by molar-refractivity contribution is -0.347. The highest BCUT2D eigenvalue weighted by molar-refractivity contribution is 5.98. The number of hydrogen-bond acceptors (Lipinski definition) is 13. The van der Waals surface area contributed by atoms with Gasteiger partial charge in [-0.05, 0) is 48.6 Å². The molecule has 3 aliphatic carbocycles. The van der Waals surface area contributed by atoms with E-state index >= 15 is 0 Å². The van der Waals surface area contributed by atoms with Crippen molar-refractivity contribution in [3.63, 3.8) is 0 Å². The molecule has 1 saturated heterocycles. The number of ether oxygens (including phenoxy) is 6. The number of carbonyl (C=O) groups excluding carboxylic acids is 6. The molecule has 3 fully saturated rings. The standard InChI is InChI=1S/C42H48O13/c1-24-29(45)21-42(49)37(54-38(48)28-15-11-8-12-16-28)35-40(6,20-19-30-41(35,23-51-30)55-26(3)44)36(34(52-25(2)43)33(24)39(42,4)5)53-32(47)18-17-31(46)50-22-27-13-9-7-10-14-27/h7-16,30,34-37,49H,17-23H2,1-6H3/t30-,34-,35+,36+,37+,40-,41+,42-/m1/s1. The molecule has 13 heteroatoms. The van der Waals surface area contributed by atoms with Crippen LogP contribution >= 0.6 is 0 Å². The number of benzene rings is 2. The number of fused-ring (bicyclic) bond motifs is 5. The Morgan fingerprint density at radius 2 is 1.47 bits per heavy atom. The quantitative estimate of drug-likeness (QED) is 0.259. The van der Waals surface area contributed by atoms with Crippen LogP contribution in [0.3, 0.4) is 0 Å². The van der Waals surface area contributed by atoms with Crippen molar-refractivity contribution in [2.75, 3.05) is 6.61 Å². The maximum absolute atomic E-state index is 14.1. The van der Waals surface area contributed by atoms with Gasteiger partial charge in [-0.3, -0.25) is 24.0 Å². The molecule has 0 amide bonds. The number of aliphatic hydroxyl groups is 1. The molecular weight excluding hydrogens is 712 g/mol. The second-order valence-corrected chi connectivity index (χ2v) is 15.8. The molecule has 4 aliphatic rings. The molecule has 0 aromatic heterocycles. The van der Waals surface area contributed by atoms with Gasteiger partial charge < -0.3 is 33.5 Å². The van der Waals surface area contributed by atoms with E-state index in [1.165, 1.54) is 13.8 Å². The van der Waals surface area contributed by atoms with E-state index in [0.29, 0.717) is 0 Å². The smallest absolute Gasteiger partial charge is 0.338 e. The first-order valence-electron chi connectivity index (χ1n) is 18.5. The minimum atomic E-state index is -2.17. The largest absolute Gasteiger partial charge is 0.461 e. The van der Waals surface area contributed by atoms with Gasteiger partial charge in [0.15, 0.2) is 17.5 Å². The first kappa shape index (κ1) is 39.8. The average Bonchev–Trinajstić information content (AvgIpc) is 3.12. The van der Waals surface area contributed by atoms with Gasteiger partial charge in [0.2, 0.25) is 0 Å². The zero-order valence-corrected chi connectivity index (χ0v) is 32.0. The zero-order chi connectivity index (χ0) is 39.9. The lowest BCUT2D eigenvalue weighted by Crippen LogP contribution is -2.80. The molecule has 1 heterocycles. The fraction of sp³-hybridized carbons (Fsp3) is 0.524. The fourth-order valence-electron chi connectivity index (χ4n) is 9.37. The van der Waals surface area contributed by atoms with Gasteiger partial charge in [0.05, 0.1) is 30.9 Å². The zero-order valence-electron chi connectivity index (χ0n) is 32.0. The predicted octanol–water partition coefficient (Wildman–Crippen LogP) is 4.76. The fourth-order valence-corrected chi connectivity index (χ4v) is 9.37. The maximum atomic E-state index is 14.1. The van der Waals surface area contributed by atoms with Gasteiger partial charge in [-0.15, -0.1) is 0 Å². The van der Waals surface area contributed by atoms with Crippen molar-refractivity contribution in [1.29, 1.82) is 0 Å². The maximum Gasteiger partial charge on any atom is 0.338 e. The Morgan fingerprint density at radius 1 is 0.836 bits per heavy atom. The van der Waals surface area contributed by atoms with Gasteiger partial charge >= 0.3 is 29.8 Å². The topological polar surface area (TPSA) is 178 Å². The number of esters is 5. The lowest BCUT2D eigenvalue weighted by Gasteiger charge is -2.67. The predicted molar refractivity (Wildman–Crippen MR) is 193 cm³/mol. The second kappa shape index (κ2) is 15.0. The lowest BCUT2D eigenvalue weighted by atomic mass is 9.45. The van der Waals surface area contributed by atoms with Gasteiger partial charge in [0.25, 0.3) is 0 Å². The normalized spacial score (nSPS) is 31.9. The Balaban J connectivity index is 1.49. The van der Waals surface area contributed by atoms with Crippen molar-refractivity contribution in [3.05, 3.63) is 82.9 Å². The van der Waals surface area contributed by atoms with E-state index in [1.54, 1.807) is 70.2 Å². The summed E-state index contributed by atoms with van der Waals surface area (Å²) in [5, 5.41) is 13.2. The van der Waals surface area contributed by atoms with E-state index in [4.69, 9.17) is 28.4 Å². The highest BCUT2D eigenvalue weighted by atomic mass is 16.6. The van der Waals surface area contributed by atoms with Crippen molar-refractivity contribution in [3.8, 4) is 0 Å². The van der Waals surface area contributed by atoms with Gasteiger partial charge in [-0.25, -0.2) is 4.79 Å². The van der Waals surface area contributed by atoms with Crippen LogP contribution in [0.2, 0.25) is 0 Å². The summed E-state index contributed by atoms with van der Waals surface area (Å²) in [5.74, 6) is -5.41. The minimum Gasteiger partial charge on any atom is -0.461 e. The molecule has 1 N–H and O–H groups in total. The van der Waals surface area contributed by atoms with E-state index in [-0.39, 0.29) is 49.2 Å². The molecule has 294 valence electrons. The molecule has 2 aromatic carbocycles. The summed E-state index contributed by atoms with van der Waals surface area (Å²) in [6, 6.07) is 17.2. The van der Waals surface area contributed by atoms with Crippen LogP contribution in [-0.2, 0) is 59.0 Å². The van der Waals surface area contributed by atoms with E-state index in [0.717, 1.165) is 5.56 Å². The Bertz CT molecular complexity index is 1890. The van der Waals surface area contributed by atoms with Gasteiger partial charge in [0.1, 0.15) is 30.5 Å². The van der Waals surface area contributed by atoms with E-state index < -0.39 is 101 Å². The third-order valence-electron chi connectivity index (χ3n) is 12.1. The molecule has 55 heavy (non-hydrogen) atoms. The van der Waals surface area contributed by atoms with E-state index in [2.05, 4.69) is 0 Å². The van der Waals surface area contributed by atoms with E-state index in [1.807, 2.05) is 18.2 Å². The summed E-state index contributed by atoms with van der Waals surface area (Å²) in [6.07, 6.45) is -5.85. The highest BCUT2D eigenvalue weighted by Gasteiger charge is 2.76. The molecule has 2 aromatic rings. The number of ketones is 1. The van der Waals surface area contributed by atoms with Crippen LogP contribution in [0, 0.1) is 16.7 Å². The van der Waals surface area contributed by atoms with Gasteiger partial charge in [-0.2, -0.15) is 0 Å². The van der Waals surface area contributed by atoms with Crippen molar-refractivity contribution in [2.45, 2.75) is 116 Å². The average molecular weight is 761 g/mol. The van der Waals surface area contributed by atoms with Crippen LogP contribution in [-0.4, -0.2) is 83.0 Å². The van der Waals surface area contributed by atoms with Gasteiger partial charge in [0, 0.05) is 31.1 Å². The summed E-state index contributed by atoms with van der Waals surface area (Å²) < 4.78 is 36.3. The Labute approximate surface area is 319 Å². The number of rotatable bonds is 10.